The fourth-order valence-corrected chi connectivity index (χ4v) is 3.95. The van der Waals surface area contributed by atoms with Crippen molar-refractivity contribution in [1.82, 2.24) is 20.3 Å². The van der Waals surface area contributed by atoms with E-state index < -0.39 is 17.3 Å². The number of benzene rings is 2. The lowest BCUT2D eigenvalue weighted by atomic mass is 10.0. The van der Waals surface area contributed by atoms with E-state index in [0.29, 0.717) is 11.1 Å². The molecular formula is C23H20F2N6O. The Kier molecular flexibility index (Phi) is 5.02. The molecule has 0 atom stereocenters. The molecule has 1 fully saturated rings. The third-order valence-corrected chi connectivity index (χ3v) is 5.63. The van der Waals surface area contributed by atoms with Crippen LogP contribution in [-0.4, -0.2) is 41.1 Å². The van der Waals surface area contributed by atoms with Crippen LogP contribution in [0.1, 0.15) is 0 Å². The van der Waals surface area contributed by atoms with Gasteiger partial charge < -0.3 is 20.9 Å². The van der Waals surface area contributed by atoms with Crippen molar-refractivity contribution in [3.05, 3.63) is 70.8 Å². The van der Waals surface area contributed by atoms with Crippen LogP contribution < -0.4 is 21.5 Å². The largest absolute Gasteiger partial charge is 0.382 e. The molecule has 1 saturated heterocycles. The average molecular weight is 434 g/mol. The number of H-pyrrole nitrogens is 1. The lowest BCUT2D eigenvalue weighted by Gasteiger charge is -2.29. The first kappa shape index (κ1) is 20.1. The summed E-state index contributed by atoms with van der Waals surface area (Å²) in [5.74, 6) is -1.49. The summed E-state index contributed by atoms with van der Waals surface area (Å²) in [7, 11) is 0. The van der Waals surface area contributed by atoms with Crippen LogP contribution in [0.15, 0.2) is 53.5 Å². The predicted molar refractivity (Wildman–Crippen MR) is 120 cm³/mol. The molecule has 2 aromatic carbocycles. The van der Waals surface area contributed by atoms with E-state index >= 15 is 0 Å². The van der Waals surface area contributed by atoms with Crippen molar-refractivity contribution in [1.29, 1.82) is 0 Å². The summed E-state index contributed by atoms with van der Waals surface area (Å²) in [4.78, 5) is 24.8. The van der Waals surface area contributed by atoms with Gasteiger partial charge in [0, 0.05) is 60.0 Å². The Morgan fingerprint density at radius 2 is 1.62 bits per heavy atom. The number of nitrogen functional groups attached to an aromatic ring is 1. The van der Waals surface area contributed by atoms with Crippen LogP contribution in [0.25, 0.3) is 33.3 Å². The molecule has 0 spiro atoms. The second kappa shape index (κ2) is 8.01. The lowest BCUT2D eigenvalue weighted by molar-refractivity contribution is 0.584. The molecule has 5 rings (SSSR count). The van der Waals surface area contributed by atoms with Crippen molar-refractivity contribution < 1.29 is 8.78 Å². The van der Waals surface area contributed by atoms with Gasteiger partial charge in [-0.3, -0.25) is 4.79 Å². The quantitative estimate of drug-likeness (QED) is 0.459. The number of nitrogens with one attached hydrogen (secondary N) is 2. The van der Waals surface area contributed by atoms with E-state index in [2.05, 4.69) is 25.2 Å². The average Bonchev–Trinajstić information content (AvgIpc) is 2.82. The molecule has 162 valence electrons. The van der Waals surface area contributed by atoms with E-state index in [9.17, 15) is 13.6 Å². The van der Waals surface area contributed by atoms with Crippen LogP contribution in [0.2, 0.25) is 0 Å². The molecule has 4 aromatic rings. The second-order valence-corrected chi connectivity index (χ2v) is 7.61. The zero-order valence-corrected chi connectivity index (χ0v) is 17.0. The molecule has 0 bridgehead atoms. The van der Waals surface area contributed by atoms with E-state index in [-0.39, 0.29) is 28.0 Å². The van der Waals surface area contributed by atoms with Crippen molar-refractivity contribution in [2.24, 2.45) is 0 Å². The number of nitrogens with zero attached hydrogens (tertiary/aromatic N) is 3. The molecule has 4 N–H and O–H groups in total. The van der Waals surface area contributed by atoms with Gasteiger partial charge in [-0.2, -0.15) is 9.37 Å². The Morgan fingerprint density at radius 1 is 0.906 bits per heavy atom. The van der Waals surface area contributed by atoms with E-state index in [0.717, 1.165) is 38.1 Å². The SMILES string of the molecule is Nc1nc(F)c(-c2ccc(N3CCNCC3)cc2)nc1-c1ccc2c(=O)[nH]cc(F)c2c1. The molecule has 32 heavy (non-hydrogen) atoms. The van der Waals surface area contributed by atoms with Crippen LogP contribution in [0.4, 0.5) is 20.3 Å². The van der Waals surface area contributed by atoms with Gasteiger partial charge in [0.2, 0.25) is 5.95 Å². The maximum atomic E-state index is 14.7. The minimum Gasteiger partial charge on any atom is -0.382 e. The van der Waals surface area contributed by atoms with Crippen molar-refractivity contribution in [2.45, 2.75) is 0 Å². The minimum atomic E-state index is -0.787. The molecule has 7 nitrogen and oxygen atoms in total. The standard InChI is InChI=1S/C23H20F2N6O/c24-18-12-28-23(32)16-6-3-14(11-17(16)18)20-22(26)30-21(25)19(29-20)13-1-4-15(5-2-13)31-9-7-27-8-10-31/h1-6,11-12,27H,7-10H2,(H2,26,30)(H,28,32). The number of fused-ring (bicyclic) bond motifs is 1. The van der Waals surface area contributed by atoms with Crippen molar-refractivity contribution >= 4 is 22.3 Å². The highest BCUT2D eigenvalue weighted by Gasteiger charge is 2.17. The Hall–Kier alpha value is -3.85. The summed E-state index contributed by atoms with van der Waals surface area (Å²) >= 11 is 0. The molecule has 0 amide bonds. The Labute approximate surface area is 181 Å². The molecular weight excluding hydrogens is 414 g/mol. The van der Waals surface area contributed by atoms with Crippen LogP contribution in [0, 0.1) is 11.8 Å². The number of pyridine rings is 1. The maximum absolute atomic E-state index is 14.7. The summed E-state index contributed by atoms with van der Waals surface area (Å²) in [5.41, 5.74) is 7.85. The zero-order chi connectivity index (χ0) is 22.2. The van der Waals surface area contributed by atoms with Gasteiger partial charge in [-0.25, -0.2) is 9.37 Å². The predicted octanol–water partition coefficient (Wildman–Crippen LogP) is 2.92. The Bertz CT molecular complexity index is 1360. The van der Waals surface area contributed by atoms with Gasteiger partial charge in [-0.15, -0.1) is 0 Å². The number of anilines is 2. The molecule has 0 saturated carbocycles. The fraction of sp³-hybridized carbons (Fsp3) is 0.174. The van der Waals surface area contributed by atoms with Crippen LogP contribution in [0.3, 0.4) is 0 Å². The van der Waals surface area contributed by atoms with E-state index in [1.807, 2.05) is 12.1 Å². The number of halogens is 2. The molecule has 1 aliphatic rings. The van der Waals surface area contributed by atoms with E-state index in [1.165, 1.54) is 12.1 Å². The van der Waals surface area contributed by atoms with Crippen molar-refractivity contribution in [3.8, 4) is 22.5 Å². The van der Waals surface area contributed by atoms with Gasteiger partial charge >= 0.3 is 0 Å². The fourth-order valence-electron chi connectivity index (χ4n) is 3.95. The first-order valence-electron chi connectivity index (χ1n) is 10.2. The molecule has 3 heterocycles. The number of nitrogens with two attached hydrogens (primary N) is 1. The summed E-state index contributed by atoms with van der Waals surface area (Å²) in [5, 5.41) is 3.63. The lowest BCUT2D eigenvalue weighted by Crippen LogP contribution is -2.43. The molecule has 9 heteroatoms. The topological polar surface area (TPSA) is 99.9 Å². The molecule has 0 aliphatic carbocycles. The van der Waals surface area contributed by atoms with Gasteiger partial charge in [0.15, 0.2) is 5.82 Å². The van der Waals surface area contributed by atoms with Gasteiger partial charge in [-0.1, -0.05) is 18.2 Å². The number of piperazine rings is 1. The van der Waals surface area contributed by atoms with Gasteiger partial charge in [0.05, 0.1) is 0 Å². The van der Waals surface area contributed by atoms with Gasteiger partial charge in [0.25, 0.3) is 5.56 Å². The van der Waals surface area contributed by atoms with Crippen LogP contribution in [0.5, 0.6) is 0 Å². The third-order valence-electron chi connectivity index (χ3n) is 5.63. The van der Waals surface area contributed by atoms with Gasteiger partial charge in [-0.05, 0) is 24.3 Å². The number of hydrogen-bond donors (Lipinski definition) is 3. The number of rotatable bonds is 3. The smallest absolute Gasteiger partial charge is 0.256 e. The Morgan fingerprint density at radius 3 is 2.38 bits per heavy atom. The molecule has 0 unspecified atom stereocenters. The van der Waals surface area contributed by atoms with Crippen molar-refractivity contribution in [3.63, 3.8) is 0 Å². The molecule has 2 aromatic heterocycles. The van der Waals surface area contributed by atoms with Crippen molar-refractivity contribution in [2.75, 3.05) is 36.8 Å². The van der Waals surface area contributed by atoms with Gasteiger partial charge in [0.1, 0.15) is 17.2 Å². The highest BCUT2D eigenvalue weighted by atomic mass is 19.1. The summed E-state index contributed by atoms with van der Waals surface area (Å²) in [6, 6.07) is 12.0. The second-order valence-electron chi connectivity index (χ2n) is 7.61. The summed E-state index contributed by atoms with van der Waals surface area (Å²) in [6.45, 7) is 3.64. The monoisotopic (exact) mass is 434 g/mol. The Balaban J connectivity index is 1.56. The number of hydrogen-bond acceptors (Lipinski definition) is 6. The first-order chi connectivity index (χ1) is 15.5. The number of aromatic nitrogens is 3. The number of aromatic amines is 1. The van der Waals surface area contributed by atoms with E-state index in [4.69, 9.17) is 5.73 Å². The maximum Gasteiger partial charge on any atom is 0.256 e. The highest BCUT2D eigenvalue weighted by molar-refractivity contribution is 5.88. The third kappa shape index (κ3) is 3.56. The molecule has 0 radical (unpaired) electrons. The van der Waals surface area contributed by atoms with Crippen LogP contribution in [-0.2, 0) is 0 Å². The zero-order valence-electron chi connectivity index (χ0n) is 17.0. The van der Waals surface area contributed by atoms with Crippen LogP contribution >= 0.6 is 0 Å². The first-order valence-corrected chi connectivity index (χ1v) is 10.2. The highest BCUT2D eigenvalue weighted by Crippen LogP contribution is 2.31. The molecule has 1 aliphatic heterocycles. The van der Waals surface area contributed by atoms with E-state index in [1.54, 1.807) is 18.2 Å². The minimum absolute atomic E-state index is 0.0486. The summed E-state index contributed by atoms with van der Waals surface area (Å²) < 4.78 is 28.9. The normalized spacial score (nSPS) is 14.1. The summed E-state index contributed by atoms with van der Waals surface area (Å²) in [6.07, 6.45) is 1.000.